The van der Waals surface area contributed by atoms with Crippen molar-refractivity contribution in [3.05, 3.63) is 106 Å². The fraction of sp³-hybridized carbons (Fsp3) is 0.172. The number of hydrogen-bond acceptors (Lipinski definition) is 5. The van der Waals surface area contributed by atoms with Crippen LogP contribution in [0.15, 0.2) is 78.5 Å². The second-order valence-electron chi connectivity index (χ2n) is 8.98. The summed E-state index contributed by atoms with van der Waals surface area (Å²) >= 11 is 6.32. The number of aromatic nitrogens is 1. The van der Waals surface area contributed by atoms with Crippen molar-refractivity contribution in [2.75, 3.05) is 24.6 Å². The molecule has 9 heteroatoms. The second kappa shape index (κ2) is 10.9. The summed E-state index contributed by atoms with van der Waals surface area (Å²) < 4.78 is 19.5. The molecule has 192 valence electrons. The highest BCUT2D eigenvalue weighted by Gasteiger charge is 2.32. The molecule has 0 spiro atoms. The average molecular weight is 529 g/mol. The smallest absolute Gasteiger partial charge is 0.135 e. The van der Waals surface area contributed by atoms with Crippen LogP contribution in [0, 0.1) is 22.6 Å². The van der Waals surface area contributed by atoms with Gasteiger partial charge in [-0.3, -0.25) is 5.41 Å². The molecule has 5 rings (SSSR count). The van der Waals surface area contributed by atoms with Gasteiger partial charge in [0.05, 0.1) is 6.04 Å². The van der Waals surface area contributed by atoms with Crippen LogP contribution in [0.3, 0.4) is 0 Å². The predicted octanol–water partition coefficient (Wildman–Crippen LogP) is 5.42. The predicted molar refractivity (Wildman–Crippen MR) is 148 cm³/mol. The Hall–Kier alpha value is -4.48. The van der Waals surface area contributed by atoms with Crippen molar-refractivity contribution in [2.45, 2.75) is 12.5 Å². The number of H-pyrrole nitrogens is 1. The molecular formula is C29H26ClFN6O. The summed E-state index contributed by atoms with van der Waals surface area (Å²) in [6, 6.07) is 22.2. The minimum Gasteiger partial charge on any atom is -0.492 e. The number of halogens is 2. The summed E-state index contributed by atoms with van der Waals surface area (Å²) in [5.74, 6) is 0.161. The topological polar surface area (TPSA) is 114 Å². The molecule has 1 aliphatic rings. The highest BCUT2D eigenvalue weighted by atomic mass is 35.5. The lowest BCUT2D eigenvalue weighted by Crippen LogP contribution is -2.36. The zero-order chi connectivity index (χ0) is 26.6. The molecule has 0 saturated heterocycles. The van der Waals surface area contributed by atoms with Crippen LogP contribution in [-0.4, -0.2) is 30.5 Å². The average Bonchev–Trinajstić information content (AvgIpc) is 3.28. The lowest BCUT2D eigenvalue weighted by atomic mass is 9.91. The van der Waals surface area contributed by atoms with E-state index in [0.717, 1.165) is 40.8 Å². The normalized spacial score (nSPS) is 15.1. The van der Waals surface area contributed by atoms with Gasteiger partial charge in [0.1, 0.15) is 35.7 Å². The van der Waals surface area contributed by atoms with E-state index in [4.69, 9.17) is 32.7 Å². The number of ether oxygens (including phenoxy) is 1. The number of hydrogen-bond donors (Lipinski definition) is 4. The van der Waals surface area contributed by atoms with E-state index >= 15 is 0 Å². The van der Waals surface area contributed by atoms with Crippen LogP contribution in [0.2, 0.25) is 5.02 Å². The fourth-order valence-corrected chi connectivity index (χ4v) is 5.01. The molecule has 0 fully saturated rings. The number of benzene rings is 3. The second-order valence-corrected chi connectivity index (χ2v) is 9.42. The van der Waals surface area contributed by atoms with Gasteiger partial charge in [0.2, 0.25) is 0 Å². The quantitative estimate of drug-likeness (QED) is 0.105. The van der Waals surface area contributed by atoms with Crippen LogP contribution in [0.25, 0.3) is 10.9 Å². The molecule has 0 bridgehead atoms. The van der Waals surface area contributed by atoms with Gasteiger partial charge >= 0.3 is 0 Å². The molecule has 7 nitrogen and oxygen atoms in total. The number of fused-ring (bicyclic) bond motifs is 3. The van der Waals surface area contributed by atoms with E-state index in [-0.39, 0.29) is 23.3 Å². The summed E-state index contributed by atoms with van der Waals surface area (Å²) in [4.78, 5) is 5.91. The molecule has 1 aliphatic heterocycles. The number of amidine groups is 1. The summed E-state index contributed by atoms with van der Waals surface area (Å²) in [5.41, 5.74) is 10.8. The van der Waals surface area contributed by atoms with Crippen molar-refractivity contribution in [3.8, 4) is 11.8 Å². The van der Waals surface area contributed by atoms with Crippen LogP contribution in [-0.2, 0) is 6.42 Å². The summed E-state index contributed by atoms with van der Waals surface area (Å²) in [6.07, 6.45) is 2.25. The molecule has 1 unspecified atom stereocenters. The number of aromatic amines is 1. The van der Waals surface area contributed by atoms with Crippen molar-refractivity contribution in [1.82, 2.24) is 10.3 Å². The van der Waals surface area contributed by atoms with E-state index in [1.807, 2.05) is 60.7 Å². The minimum absolute atomic E-state index is 0.0751. The maximum atomic E-state index is 13.7. The number of nitrogens with zero attached hydrogens (tertiary/aromatic N) is 2. The van der Waals surface area contributed by atoms with Crippen LogP contribution < -0.4 is 20.7 Å². The molecule has 5 N–H and O–H groups in total. The van der Waals surface area contributed by atoms with E-state index in [0.29, 0.717) is 23.9 Å². The van der Waals surface area contributed by atoms with Gasteiger partial charge in [-0.05, 0) is 72.1 Å². The standard InChI is InChI=1S/C29H26ClFN6O/c30-20-3-10-26-25(15-20)24-11-13-37(22-6-4-21(31)5-7-22)28(27(24)36-26)18-1-8-23(9-2-18)38-14-12-35-17-19(16-32)29(33)34/h1-10,15,17,28,35-36H,11-14H2,(H3,33,34)/b19-17-. The minimum atomic E-state index is -0.282. The van der Waals surface area contributed by atoms with Gasteiger partial charge in [0, 0.05) is 46.6 Å². The van der Waals surface area contributed by atoms with Gasteiger partial charge in [-0.2, -0.15) is 5.26 Å². The lowest BCUT2D eigenvalue weighted by Gasteiger charge is -2.38. The highest BCUT2D eigenvalue weighted by Crippen LogP contribution is 2.41. The molecule has 38 heavy (non-hydrogen) atoms. The van der Waals surface area contributed by atoms with Gasteiger partial charge in [-0.15, -0.1) is 0 Å². The largest absolute Gasteiger partial charge is 0.492 e. The van der Waals surface area contributed by atoms with Crippen molar-refractivity contribution < 1.29 is 9.13 Å². The molecular weight excluding hydrogens is 503 g/mol. The fourth-order valence-electron chi connectivity index (χ4n) is 4.84. The van der Waals surface area contributed by atoms with Crippen molar-refractivity contribution in [1.29, 1.82) is 10.7 Å². The molecule has 0 radical (unpaired) electrons. The lowest BCUT2D eigenvalue weighted by molar-refractivity contribution is 0.320. The Bertz CT molecular complexity index is 1540. The highest BCUT2D eigenvalue weighted by molar-refractivity contribution is 6.31. The van der Waals surface area contributed by atoms with Gasteiger partial charge in [0.25, 0.3) is 0 Å². The molecule has 0 amide bonds. The zero-order valence-electron chi connectivity index (χ0n) is 20.5. The van der Waals surface area contributed by atoms with Crippen LogP contribution in [0.1, 0.15) is 22.9 Å². The Balaban J connectivity index is 1.39. The molecule has 1 atom stereocenters. The van der Waals surface area contributed by atoms with E-state index in [1.165, 1.54) is 23.9 Å². The van der Waals surface area contributed by atoms with Gasteiger partial charge in [-0.25, -0.2) is 4.39 Å². The molecule has 0 aliphatic carbocycles. The first-order chi connectivity index (χ1) is 18.4. The van der Waals surface area contributed by atoms with Crippen molar-refractivity contribution in [3.63, 3.8) is 0 Å². The van der Waals surface area contributed by atoms with Crippen molar-refractivity contribution in [2.24, 2.45) is 5.73 Å². The number of nitriles is 1. The first kappa shape index (κ1) is 25.2. The van der Waals surface area contributed by atoms with Gasteiger partial charge in [0.15, 0.2) is 0 Å². The number of rotatable bonds is 8. The van der Waals surface area contributed by atoms with E-state index in [9.17, 15) is 4.39 Å². The molecule has 0 saturated carbocycles. The maximum absolute atomic E-state index is 13.7. The third-order valence-corrected chi connectivity index (χ3v) is 6.85. The zero-order valence-corrected chi connectivity index (χ0v) is 21.2. The van der Waals surface area contributed by atoms with E-state index in [1.54, 1.807) is 0 Å². The SMILES string of the molecule is N#C/C(=C/NCCOc1ccc(C2c3[nH]c4ccc(Cl)cc4c3CCN2c2ccc(F)cc2)cc1)C(=N)N. The summed E-state index contributed by atoms with van der Waals surface area (Å²) in [6.45, 7) is 1.58. The number of anilines is 1. The maximum Gasteiger partial charge on any atom is 0.135 e. The van der Waals surface area contributed by atoms with Gasteiger partial charge in [-0.1, -0.05) is 23.7 Å². The third-order valence-electron chi connectivity index (χ3n) is 6.62. The Morgan fingerprint density at radius 1 is 1.21 bits per heavy atom. The number of nitrogens with two attached hydrogens (primary N) is 1. The van der Waals surface area contributed by atoms with Crippen molar-refractivity contribution >= 4 is 34.0 Å². The molecule has 4 aromatic rings. The summed E-state index contributed by atoms with van der Waals surface area (Å²) in [7, 11) is 0. The molecule has 2 heterocycles. The Morgan fingerprint density at radius 2 is 1.97 bits per heavy atom. The molecule has 3 aromatic carbocycles. The van der Waals surface area contributed by atoms with E-state index in [2.05, 4.69) is 15.2 Å². The Labute approximate surface area is 224 Å². The first-order valence-electron chi connectivity index (χ1n) is 12.2. The first-order valence-corrected chi connectivity index (χ1v) is 12.6. The van der Waals surface area contributed by atoms with Gasteiger partial charge < -0.3 is 25.7 Å². The van der Waals surface area contributed by atoms with Crippen LogP contribution in [0.4, 0.5) is 10.1 Å². The summed E-state index contributed by atoms with van der Waals surface area (Å²) in [5, 5.41) is 21.0. The Morgan fingerprint density at radius 3 is 2.68 bits per heavy atom. The molecule has 1 aromatic heterocycles. The van der Waals surface area contributed by atoms with E-state index < -0.39 is 0 Å². The van der Waals surface area contributed by atoms with Crippen LogP contribution >= 0.6 is 11.6 Å². The Kier molecular flexibility index (Phi) is 7.20. The third kappa shape index (κ3) is 5.15. The monoisotopic (exact) mass is 528 g/mol. The van der Waals surface area contributed by atoms with Crippen LogP contribution in [0.5, 0.6) is 5.75 Å². The number of nitrogens with one attached hydrogen (secondary N) is 3.